The van der Waals surface area contributed by atoms with Crippen LogP contribution in [0, 0.1) is 0 Å². The number of nitrogens with zero attached hydrogens (tertiary/aromatic N) is 3. The zero-order valence-electron chi connectivity index (χ0n) is 18.2. The van der Waals surface area contributed by atoms with E-state index in [2.05, 4.69) is 50.6 Å². The largest absolute Gasteiger partial charge is 0.362 e. The fraction of sp³-hybridized carbons (Fsp3) is 0.682. The van der Waals surface area contributed by atoms with E-state index in [0.29, 0.717) is 11.7 Å². The number of carbonyl (C=O) groups excluding carboxylic acids is 1. The predicted molar refractivity (Wildman–Crippen MR) is 123 cm³/mol. The topological polar surface area (TPSA) is 62.9 Å². The maximum Gasteiger partial charge on any atom is 0.269 e. The third-order valence-electron chi connectivity index (χ3n) is 6.60. The lowest BCUT2D eigenvalue weighted by molar-refractivity contribution is -0.118. The van der Waals surface area contributed by atoms with Gasteiger partial charge in [-0.1, -0.05) is 17.8 Å². The molecule has 0 spiro atoms. The van der Waals surface area contributed by atoms with E-state index in [4.69, 9.17) is 0 Å². The molecule has 0 aromatic heterocycles. The molecule has 0 aromatic rings. The van der Waals surface area contributed by atoms with Gasteiger partial charge in [-0.3, -0.25) is 14.6 Å². The Morgan fingerprint density at radius 1 is 1.13 bits per heavy atom. The van der Waals surface area contributed by atoms with Gasteiger partial charge in [-0.2, -0.15) is 0 Å². The lowest BCUT2D eigenvalue weighted by Gasteiger charge is -2.39. The van der Waals surface area contributed by atoms with E-state index in [9.17, 15) is 4.79 Å². The lowest BCUT2D eigenvalue weighted by Crippen LogP contribution is -2.51. The van der Waals surface area contributed by atoms with Crippen LogP contribution in [-0.4, -0.2) is 83.6 Å². The number of carbonyl (C=O) groups is 1. The molecular weight excluding hydrogens is 396 g/mol. The summed E-state index contributed by atoms with van der Waals surface area (Å²) < 4.78 is 0. The molecule has 0 bridgehead atoms. The van der Waals surface area contributed by atoms with Gasteiger partial charge in [0.2, 0.25) is 0 Å². The predicted octanol–water partition coefficient (Wildman–Crippen LogP) is 1.44. The van der Waals surface area contributed by atoms with Crippen LogP contribution in [-0.2, 0) is 4.79 Å². The van der Waals surface area contributed by atoms with Crippen molar-refractivity contribution in [3.63, 3.8) is 0 Å². The Kier molecular flexibility index (Phi) is 7.41. The SMILES string of the molecule is CC(C)N1CCC(N2CCCN(C3C=CC=C(C(=O)NC4NC=CS4)N3)CC2)CC1. The van der Waals surface area contributed by atoms with Gasteiger partial charge in [0.25, 0.3) is 5.91 Å². The lowest BCUT2D eigenvalue weighted by atomic mass is 10.0. The van der Waals surface area contributed by atoms with E-state index >= 15 is 0 Å². The quantitative estimate of drug-likeness (QED) is 0.608. The summed E-state index contributed by atoms with van der Waals surface area (Å²) in [6.45, 7) is 11.4. The second-order valence-electron chi connectivity index (χ2n) is 8.80. The van der Waals surface area contributed by atoms with Gasteiger partial charge in [0.05, 0.1) is 6.17 Å². The van der Waals surface area contributed by atoms with Crippen molar-refractivity contribution in [2.45, 2.75) is 56.9 Å². The number of amides is 1. The second kappa shape index (κ2) is 10.2. The highest BCUT2D eigenvalue weighted by Crippen LogP contribution is 2.21. The highest BCUT2D eigenvalue weighted by molar-refractivity contribution is 8.02. The molecule has 4 aliphatic heterocycles. The molecule has 1 amide bonds. The summed E-state index contributed by atoms with van der Waals surface area (Å²) in [5.41, 5.74) is 0.553. The van der Waals surface area contributed by atoms with Crippen molar-refractivity contribution in [2.24, 2.45) is 0 Å². The molecule has 2 saturated heterocycles. The number of piperidine rings is 1. The van der Waals surface area contributed by atoms with Gasteiger partial charge in [-0.05, 0) is 70.3 Å². The Balaban J connectivity index is 1.26. The molecule has 0 aliphatic carbocycles. The summed E-state index contributed by atoms with van der Waals surface area (Å²) >= 11 is 1.57. The smallest absolute Gasteiger partial charge is 0.269 e. The number of nitrogens with one attached hydrogen (secondary N) is 3. The number of likely N-dealkylation sites (tertiary alicyclic amines) is 1. The first-order valence-electron chi connectivity index (χ1n) is 11.3. The van der Waals surface area contributed by atoms with Crippen LogP contribution in [0.1, 0.15) is 33.1 Å². The maximum atomic E-state index is 12.6. The Bertz CT molecular complexity index is 677. The third kappa shape index (κ3) is 5.41. The van der Waals surface area contributed by atoms with Crippen molar-refractivity contribution in [3.05, 3.63) is 35.5 Å². The Morgan fingerprint density at radius 3 is 2.63 bits per heavy atom. The van der Waals surface area contributed by atoms with Crippen LogP contribution >= 0.6 is 11.8 Å². The van der Waals surface area contributed by atoms with Crippen LogP contribution in [0.4, 0.5) is 0 Å². The first-order valence-corrected chi connectivity index (χ1v) is 12.3. The molecule has 4 rings (SSSR count). The van der Waals surface area contributed by atoms with E-state index in [1.807, 2.05) is 23.8 Å². The van der Waals surface area contributed by atoms with Crippen LogP contribution in [0.25, 0.3) is 0 Å². The molecule has 0 radical (unpaired) electrons. The summed E-state index contributed by atoms with van der Waals surface area (Å²) in [4.78, 5) is 20.4. The van der Waals surface area contributed by atoms with Crippen LogP contribution in [0.5, 0.6) is 0 Å². The average molecular weight is 433 g/mol. The molecule has 30 heavy (non-hydrogen) atoms. The number of thioether (sulfide) groups is 1. The van der Waals surface area contributed by atoms with Crippen molar-refractivity contribution < 1.29 is 4.79 Å². The minimum Gasteiger partial charge on any atom is -0.362 e. The van der Waals surface area contributed by atoms with E-state index in [1.165, 1.54) is 38.9 Å². The van der Waals surface area contributed by atoms with E-state index in [1.54, 1.807) is 11.8 Å². The second-order valence-corrected chi connectivity index (χ2v) is 9.82. The number of rotatable bonds is 5. The summed E-state index contributed by atoms with van der Waals surface area (Å²) in [5, 5.41) is 11.5. The number of hydrogen-bond acceptors (Lipinski definition) is 7. The minimum absolute atomic E-state index is 0.0635. The van der Waals surface area contributed by atoms with Crippen molar-refractivity contribution in [3.8, 4) is 0 Å². The van der Waals surface area contributed by atoms with Gasteiger partial charge in [0.1, 0.15) is 5.70 Å². The highest BCUT2D eigenvalue weighted by Gasteiger charge is 2.29. The van der Waals surface area contributed by atoms with Crippen molar-refractivity contribution in [1.29, 1.82) is 0 Å². The molecule has 4 heterocycles. The first kappa shape index (κ1) is 21.7. The monoisotopic (exact) mass is 432 g/mol. The molecule has 3 N–H and O–H groups in total. The summed E-state index contributed by atoms with van der Waals surface area (Å²) in [6.07, 6.45) is 11.7. The molecule has 2 unspecified atom stereocenters. The normalized spacial score (nSPS) is 29.4. The molecule has 166 valence electrons. The van der Waals surface area contributed by atoms with E-state index < -0.39 is 0 Å². The standard InChI is InChI=1S/C22H36N6OS/c1-17(2)26-12-7-18(8-13-26)27-10-4-11-28(15-14-27)20-6-3-5-19(24-20)21(29)25-22-23-9-16-30-22/h3,5-6,9,16-18,20,22-24H,4,7-8,10-15H2,1-2H3,(H,25,29). The maximum absolute atomic E-state index is 12.6. The molecule has 4 aliphatic rings. The summed E-state index contributed by atoms with van der Waals surface area (Å²) in [7, 11) is 0. The van der Waals surface area contributed by atoms with Gasteiger partial charge in [-0.25, -0.2) is 0 Å². The van der Waals surface area contributed by atoms with Gasteiger partial charge in [-0.15, -0.1) is 0 Å². The fourth-order valence-electron chi connectivity index (χ4n) is 4.79. The first-order chi connectivity index (χ1) is 14.6. The zero-order valence-corrected chi connectivity index (χ0v) is 19.0. The molecule has 8 heteroatoms. The van der Waals surface area contributed by atoms with Crippen molar-refractivity contribution in [1.82, 2.24) is 30.7 Å². The Labute approximate surface area is 185 Å². The van der Waals surface area contributed by atoms with Gasteiger partial charge in [0, 0.05) is 37.9 Å². The minimum atomic E-state index is -0.0848. The number of hydrogen-bond donors (Lipinski definition) is 3. The average Bonchev–Trinajstić information content (AvgIpc) is 3.15. The van der Waals surface area contributed by atoms with Gasteiger partial charge in [0.15, 0.2) is 5.50 Å². The summed E-state index contributed by atoms with van der Waals surface area (Å²) in [6, 6.07) is 1.38. The molecule has 7 nitrogen and oxygen atoms in total. The zero-order chi connectivity index (χ0) is 20.9. The Hall–Kier alpha value is -1.48. The third-order valence-corrected chi connectivity index (χ3v) is 7.42. The molecule has 2 atom stereocenters. The van der Waals surface area contributed by atoms with Crippen LogP contribution < -0.4 is 16.0 Å². The number of dihydropyridines is 1. The summed E-state index contributed by atoms with van der Waals surface area (Å²) in [5.74, 6) is -0.0635. The van der Waals surface area contributed by atoms with Gasteiger partial charge < -0.3 is 20.9 Å². The molecule has 2 fully saturated rings. The van der Waals surface area contributed by atoms with Crippen LogP contribution in [0.15, 0.2) is 35.5 Å². The molecular formula is C22H36N6OS. The molecule has 0 aromatic carbocycles. The van der Waals surface area contributed by atoms with E-state index in [-0.39, 0.29) is 17.6 Å². The van der Waals surface area contributed by atoms with Crippen molar-refractivity contribution >= 4 is 17.7 Å². The van der Waals surface area contributed by atoms with Crippen LogP contribution in [0.2, 0.25) is 0 Å². The van der Waals surface area contributed by atoms with E-state index in [0.717, 1.165) is 25.7 Å². The van der Waals surface area contributed by atoms with Gasteiger partial charge >= 0.3 is 0 Å². The highest BCUT2D eigenvalue weighted by atomic mass is 32.2. The van der Waals surface area contributed by atoms with Crippen molar-refractivity contribution in [2.75, 3.05) is 39.3 Å². The Morgan fingerprint density at radius 2 is 1.90 bits per heavy atom. The number of allylic oxidation sites excluding steroid dienone is 2. The molecule has 0 saturated carbocycles. The fourth-order valence-corrected chi connectivity index (χ4v) is 5.44. The van der Waals surface area contributed by atoms with Crippen LogP contribution in [0.3, 0.4) is 0 Å².